The third kappa shape index (κ3) is 2.11. The number of ether oxygens (including phenoxy) is 2. The van der Waals surface area contributed by atoms with Gasteiger partial charge >= 0.3 is 0 Å². The summed E-state index contributed by atoms with van der Waals surface area (Å²) in [4.78, 5) is 0. The molecule has 1 heterocycles. The Balaban J connectivity index is 1.98. The van der Waals surface area contributed by atoms with Gasteiger partial charge in [0.15, 0.2) is 0 Å². The molecule has 1 aromatic carbocycles. The summed E-state index contributed by atoms with van der Waals surface area (Å²) >= 11 is 6.11. The lowest BCUT2D eigenvalue weighted by molar-refractivity contribution is 0.0628. The fourth-order valence-electron chi connectivity index (χ4n) is 1.90. The van der Waals surface area contributed by atoms with E-state index in [1.807, 2.05) is 36.4 Å². The Kier molecular flexibility index (Phi) is 2.69. The van der Waals surface area contributed by atoms with Crippen molar-refractivity contribution in [2.24, 2.45) is 0 Å². The van der Waals surface area contributed by atoms with Crippen LogP contribution in [0.3, 0.4) is 0 Å². The lowest BCUT2D eigenvalue weighted by atomic mass is 10.1. The number of nitrogens with one attached hydrogen (secondary N) is 1. The second kappa shape index (κ2) is 4.34. The topological polar surface area (TPSA) is 30.5 Å². The van der Waals surface area contributed by atoms with Crippen LogP contribution in [0.2, 0.25) is 0 Å². The number of hydrogen-bond donors (Lipinski definition) is 1. The first-order valence-corrected chi connectivity index (χ1v) is 5.94. The van der Waals surface area contributed by atoms with E-state index in [1.165, 1.54) is 0 Å². The van der Waals surface area contributed by atoms with E-state index in [2.05, 4.69) is 5.32 Å². The van der Waals surface area contributed by atoms with Crippen molar-refractivity contribution in [3.05, 3.63) is 47.9 Å². The van der Waals surface area contributed by atoms with E-state index in [1.54, 1.807) is 0 Å². The summed E-state index contributed by atoms with van der Waals surface area (Å²) in [6.07, 6.45) is 4.74. The highest BCUT2D eigenvalue weighted by Gasteiger charge is 2.19. The van der Waals surface area contributed by atoms with E-state index >= 15 is 0 Å². The summed E-state index contributed by atoms with van der Waals surface area (Å²) in [5.74, 6) is 1.58. The summed E-state index contributed by atoms with van der Waals surface area (Å²) in [5.41, 5.74) is 1.84. The molecule has 0 bridgehead atoms. The average Bonchev–Trinajstić information content (AvgIpc) is 2.31. The predicted octanol–water partition coefficient (Wildman–Crippen LogP) is 3.24. The maximum Gasteiger partial charge on any atom is 0.231 e. The number of halogens is 1. The zero-order valence-corrected chi connectivity index (χ0v) is 9.91. The molecule has 17 heavy (non-hydrogen) atoms. The smallest absolute Gasteiger partial charge is 0.231 e. The Hall–Kier alpha value is -1.61. The van der Waals surface area contributed by atoms with Gasteiger partial charge in [0.05, 0.1) is 16.8 Å². The van der Waals surface area contributed by atoms with Crippen molar-refractivity contribution in [3.63, 3.8) is 0 Å². The number of rotatable bonds is 0. The molecular formula is C13H12ClNO2. The van der Waals surface area contributed by atoms with E-state index in [0.717, 1.165) is 29.3 Å². The molecule has 1 atom stereocenters. The maximum atomic E-state index is 6.11. The van der Waals surface area contributed by atoms with Crippen molar-refractivity contribution in [2.75, 3.05) is 12.1 Å². The predicted molar refractivity (Wildman–Crippen MR) is 67.1 cm³/mol. The molecule has 1 unspecified atom stereocenters. The van der Waals surface area contributed by atoms with Gasteiger partial charge in [-0.25, -0.2) is 0 Å². The average molecular weight is 250 g/mol. The van der Waals surface area contributed by atoms with Gasteiger partial charge in [-0.2, -0.15) is 0 Å². The minimum Gasteiger partial charge on any atom is -0.456 e. The number of benzene rings is 1. The molecule has 2 aliphatic rings. The molecule has 88 valence electrons. The first-order chi connectivity index (χ1) is 8.33. The highest BCUT2D eigenvalue weighted by molar-refractivity contribution is 6.22. The van der Waals surface area contributed by atoms with Crippen molar-refractivity contribution in [1.82, 2.24) is 0 Å². The molecule has 0 saturated heterocycles. The van der Waals surface area contributed by atoms with Crippen LogP contribution in [-0.4, -0.2) is 12.2 Å². The van der Waals surface area contributed by atoms with Crippen LogP contribution in [0.4, 0.5) is 5.69 Å². The van der Waals surface area contributed by atoms with Crippen LogP contribution in [0.5, 0.6) is 5.75 Å². The first kappa shape index (κ1) is 10.5. The molecule has 0 amide bonds. The van der Waals surface area contributed by atoms with Crippen LogP contribution in [0.25, 0.3) is 0 Å². The Labute approximate surface area is 105 Å². The van der Waals surface area contributed by atoms with Crippen molar-refractivity contribution < 1.29 is 9.47 Å². The molecule has 0 spiro atoms. The Morgan fingerprint density at radius 1 is 1.24 bits per heavy atom. The van der Waals surface area contributed by atoms with Gasteiger partial charge in [0.2, 0.25) is 6.79 Å². The lowest BCUT2D eigenvalue weighted by Crippen LogP contribution is -2.18. The molecular weight excluding hydrogens is 238 g/mol. The van der Waals surface area contributed by atoms with Crippen molar-refractivity contribution in [2.45, 2.75) is 11.8 Å². The van der Waals surface area contributed by atoms with Crippen LogP contribution < -0.4 is 10.1 Å². The SMILES string of the molecule is ClC1C=C2Nc3ccccc3OCOC2=CC1. The molecule has 4 heteroatoms. The quantitative estimate of drug-likeness (QED) is 0.716. The second-order valence-electron chi connectivity index (χ2n) is 3.93. The zero-order chi connectivity index (χ0) is 11.7. The molecule has 1 aliphatic heterocycles. The maximum absolute atomic E-state index is 6.11. The summed E-state index contributed by atoms with van der Waals surface area (Å²) < 4.78 is 11.1. The van der Waals surface area contributed by atoms with E-state index in [4.69, 9.17) is 21.1 Å². The van der Waals surface area contributed by atoms with Crippen molar-refractivity contribution >= 4 is 17.3 Å². The largest absolute Gasteiger partial charge is 0.456 e. The van der Waals surface area contributed by atoms with Gasteiger partial charge in [-0.05, 0) is 30.7 Å². The Morgan fingerprint density at radius 2 is 2.12 bits per heavy atom. The van der Waals surface area contributed by atoms with Crippen LogP contribution in [0.1, 0.15) is 6.42 Å². The van der Waals surface area contributed by atoms with E-state index in [0.29, 0.717) is 0 Å². The van der Waals surface area contributed by atoms with Gasteiger partial charge in [-0.3, -0.25) is 0 Å². The molecule has 1 N–H and O–H groups in total. The van der Waals surface area contributed by atoms with Crippen LogP contribution in [0, 0.1) is 0 Å². The highest BCUT2D eigenvalue weighted by atomic mass is 35.5. The molecule has 0 fully saturated rings. The summed E-state index contributed by atoms with van der Waals surface area (Å²) in [5, 5.41) is 3.30. The minimum absolute atomic E-state index is 0.0114. The number of allylic oxidation sites excluding steroid dienone is 2. The molecule has 0 radical (unpaired) electrons. The molecule has 1 aliphatic carbocycles. The van der Waals surface area contributed by atoms with E-state index in [9.17, 15) is 0 Å². The van der Waals surface area contributed by atoms with E-state index in [-0.39, 0.29) is 12.2 Å². The van der Waals surface area contributed by atoms with Gasteiger partial charge in [0, 0.05) is 0 Å². The van der Waals surface area contributed by atoms with Crippen molar-refractivity contribution in [1.29, 1.82) is 0 Å². The van der Waals surface area contributed by atoms with Crippen molar-refractivity contribution in [3.8, 4) is 5.75 Å². The number of para-hydroxylation sites is 2. The first-order valence-electron chi connectivity index (χ1n) is 5.51. The summed E-state index contributed by atoms with van der Waals surface area (Å²) in [6, 6.07) is 7.76. The molecule has 1 aromatic rings. The highest BCUT2D eigenvalue weighted by Crippen LogP contribution is 2.32. The lowest BCUT2D eigenvalue weighted by Gasteiger charge is -2.24. The molecule has 3 nitrogen and oxygen atoms in total. The van der Waals surface area contributed by atoms with Crippen LogP contribution in [0.15, 0.2) is 47.9 Å². The number of anilines is 1. The zero-order valence-electron chi connectivity index (χ0n) is 9.15. The third-order valence-electron chi connectivity index (χ3n) is 2.73. The number of alkyl halides is 1. The number of fused-ring (bicyclic) bond motifs is 2. The summed E-state index contributed by atoms with van der Waals surface area (Å²) in [7, 11) is 0. The monoisotopic (exact) mass is 249 g/mol. The van der Waals surface area contributed by atoms with Gasteiger partial charge in [0.25, 0.3) is 0 Å². The van der Waals surface area contributed by atoms with Gasteiger partial charge in [-0.1, -0.05) is 12.1 Å². The molecule has 0 saturated carbocycles. The normalized spacial score (nSPS) is 22.3. The minimum atomic E-state index is 0.0114. The Morgan fingerprint density at radius 3 is 3.06 bits per heavy atom. The van der Waals surface area contributed by atoms with Gasteiger partial charge in [-0.15, -0.1) is 11.6 Å². The molecule has 0 aromatic heterocycles. The third-order valence-corrected chi connectivity index (χ3v) is 3.03. The Bertz CT molecular complexity index is 496. The van der Waals surface area contributed by atoms with E-state index < -0.39 is 0 Å². The van der Waals surface area contributed by atoms with Crippen LogP contribution >= 0.6 is 11.6 Å². The fraction of sp³-hybridized carbons (Fsp3) is 0.231. The fourth-order valence-corrected chi connectivity index (χ4v) is 2.11. The standard InChI is InChI=1S/C13H12ClNO2/c14-9-5-6-13-11(7-9)15-10-3-1-2-4-12(10)16-8-17-13/h1-4,6-7,9,15H,5,8H2. The molecule has 3 rings (SSSR count). The van der Waals surface area contributed by atoms with Gasteiger partial charge in [0.1, 0.15) is 11.5 Å². The number of hydrogen-bond acceptors (Lipinski definition) is 3. The van der Waals surface area contributed by atoms with Gasteiger partial charge < -0.3 is 14.8 Å². The van der Waals surface area contributed by atoms with Crippen LogP contribution in [-0.2, 0) is 4.74 Å². The second-order valence-corrected chi connectivity index (χ2v) is 4.49. The summed E-state index contributed by atoms with van der Waals surface area (Å²) in [6.45, 7) is 0.217.